The Bertz CT molecular complexity index is 1170. The third-order valence-electron chi connectivity index (χ3n) is 4.40. The topological polar surface area (TPSA) is 101 Å². The van der Waals surface area contributed by atoms with E-state index in [1.807, 2.05) is 30.3 Å². The maximum Gasteiger partial charge on any atom is 0.250 e. The fourth-order valence-electron chi connectivity index (χ4n) is 3.01. The number of aromatic nitrogens is 2. The predicted octanol–water partition coefficient (Wildman–Crippen LogP) is 4.05. The number of anilines is 2. The normalized spacial score (nSPS) is 12.3. The van der Waals surface area contributed by atoms with Crippen LogP contribution >= 0.6 is 22.9 Å². The van der Waals surface area contributed by atoms with Gasteiger partial charge in [-0.15, -0.1) is 10.2 Å². The third kappa shape index (κ3) is 5.33. The number of halogens is 1. The summed E-state index contributed by atoms with van der Waals surface area (Å²) in [5.74, 6) is -0.116. The quantitative estimate of drug-likeness (QED) is 0.522. The molecule has 0 saturated heterocycles. The van der Waals surface area contributed by atoms with Gasteiger partial charge in [0.05, 0.1) is 24.1 Å². The summed E-state index contributed by atoms with van der Waals surface area (Å²) in [6, 6.07) is 13.0. The Balaban J connectivity index is 1.88. The Morgan fingerprint density at radius 3 is 2.52 bits per heavy atom. The van der Waals surface area contributed by atoms with E-state index in [2.05, 4.69) is 15.5 Å². The number of sulfonamides is 1. The van der Waals surface area contributed by atoms with Crippen molar-refractivity contribution in [2.24, 2.45) is 0 Å². The molecule has 0 bridgehead atoms. The van der Waals surface area contributed by atoms with E-state index >= 15 is 0 Å². The fraction of sp³-hybridized carbons (Fsp3) is 0.250. The minimum Gasteiger partial charge on any atom is -0.495 e. The van der Waals surface area contributed by atoms with Gasteiger partial charge in [0.25, 0.3) is 0 Å². The molecule has 3 rings (SSSR count). The van der Waals surface area contributed by atoms with Gasteiger partial charge in [0.2, 0.25) is 21.1 Å². The lowest BCUT2D eigenvalue weighted by atomic mass is 10.2. The van der Waals surface area contributed by atoms with E-state index in [0.29, 0.717) is 10.8 Å². The Hall–Kier alpha value is -2.69. The summed E-state index contributed by atoms with van der Waals surface area (Å²) in [7, 11) is -2.34. The lowest BCUT2D eigenvalue weighted by molar-refractivity contribution is -0.117. The highest BCUT2D eigenvalue weighted by Crippen LogP contribution is 2.32. The van der Waals surface area contributed by atoms with Crippen molar-refractivity contribution in [3.8, 4) is 16.3 Å². The fourth-order valence-corrected chi connectivity index (χ4v) is 5.22. The molecular formula is C20H21ClN4O4S2. The highest BCUT2D eigenvalue weighted by Gasteiger charge is 2.32. The minimum atomic E-state index is -3.80. The molecule has 0 spiro atoms. The molecule has 2 aromatic carbocycles. The second-order valence-corrected chi connectivity index (χ2v) is 9.81. The van der Waals surface area contributed by atoms with Crippen LogP contribution in [-0.4, -0.2) is 43.9 Å². The first-order valence-electron chi connectivity index (χ1n) is 9.27. The molecule has 0 aliphatic heterocycles. The van der Waals surface area contributed by atoms with Crippen LogP contribution in [0.5, 0.6) is 5.75 Å². The molecule has 8 nitrogen and oxygen atoms in total. The molecule has 0 aliphatic rings. The van der Waals surface area contributed by atoms with Gasteiger partial charge in [-0.25, -0.2) is 8.42 Å². The number of nitrogens with one attached hydrogen (secondary N) is 1. The van der Waals surface area contributed by atoms with Crippen molar-refractivity contribution >= 4 is 49.7 Å². The van der Waals surface area contributed by atoms with Crippen LogP contribution in [0, 0.1) is 0 Å². The zero-order valence-corrected chi connectivity index (χ0v) is 19.5. The molecule has 31 heavy (non-hydrogen) atoms. The van der Waals surface area contributed by atoms with Crippen LogP contribution in [0.4, 0.5) is 10.8 Å². The number of methoxy groups -OCH3 is 1. The highest BCUT2D eigenvalue weighted by molar-refractivity contribution is 7.92. The number of nitrogens with zero attached hydrogens (tertiary/aromatic N) is 3. The largest absolute Gasteiger partial charge is 0.495 e. The van der Waals surface area contributed by atoms with E-state index < -0.39 is 22.0 Å². The summed E-state index contributed by atoms with van der Waals surface area (Å²) < 4.78 is 31.4. The molecule has 0 saturated carbocycles. The van der Waals surface area contributed by atoms with Gasteiger partial charge < -0.3 is 4.74 Å². The van der Waals surface area contributed by atoms with Crippen LogP contribution < -0.4 is 14.4 Å². The zero-order chi connectivity index (χ0) is 22.6. The second-order valence-electron chi connectivity index (χ2n) is 6.57. The van der Waals surface area contributed by atoms with Crippen molar-refractivity contribution in [2.45, 2.75) is 19.4 Å². The molecular weight excluding hydrogens is 460 g/mol. The predicted molar refractivity (Wildman–Crippen MR) is 123 cm³/mol. The van der Waals surface area contributed by atoms with E-state index in [-0.39, 0.29) is 22.3 Å². The molecule has 1 N–H and O–H groups in total. The molecule has 0 radical (unpaired) electrons. The van der Waals surface area contributed by atoms with E-state index in [1.165, 1.54) is 24.5 Å². The zero-order valence-electron chi connectivity index (χ0n) is 17.1. The summed E-state index contributed by atoms with van der Waals surface area (Å²) in [6.45, 7) is 1.73. The molecule has 1 heterocycles. The van der Waals surface area contributed by atoms with Crippen LogP contribution in [0.15, 0.2) is 48.5 Å². The number of benzene rings is 2. The number of rotatable bonds is 8. The summed E-state index contributed by atoms with van der Waals surface area (Å²) in [4.78, 5) is 13.0. The standard InChI is InChI=1S/C20H21ClN4O4S2/c1-4-16(25(31(3,27)28)14-10-11-17(29-2)15(21)12-14)18(26)22-20-24-23-19(30-20)13-8-6-5-7-9-13/h5-12,16H,4H2,1-3H3,(H,22,24,26)/t16-/m0/s1. The number of hydrogen-bond donors (Lipinski definition) is 1. The molecule has 0 fully saturated rings. The summed E-state index contributed by atoms with van der Waals surface area (Å²) in [5.41, 5.74) is 1.13. The van der Waals surface area contributed by atoms with E-state index in [1.54, 1.807) is 19.1 Å². The van der Waals surface area contributed by atoms with Gasteiger partial charge in [0, 0.05) is 5.56 Å². The van der Waals surface area contributed by atoms with Crippen LogP contribution in [0.2, 0.25) is 5.02 Å². The lowest BCUT2D eigenvalue weighted by Gasteiger charge is -2.30. The van der Waals surface area contributed by atoms with Gasteiger partial charge in [0.15, 0.2) is 0 Å². The maximum atomic E-state index is 13.0. The molecule has 1 atom stereocenters. The second kappa shape index (κ2) is 9.63. The summed E-state index contributed by atoms with van der Waals surface area (Å²) in [6.07, 6.45) is 1.27. The lowest BCUT2D eigenvalue weighted by Crippen LogP contribution is -2.47. The summed E-state index contributed by atoms with van der Waals surface area (Å²) in [5, 5.41) is 12.0. The first-order valence-corrected chi connectivity index (χ1v) is 12.3. The monoisotopic (exact) mass is 480 g/mol. The number of carbonyl (C=O) groups excluding carboxylic acids is 1. The van der Waals surface area contributed by atoms with Gasteiger partial charge in [-0.3, -0.25) is 14.4 Å². The molecule has 3 aromatic rings. The van der Waals surface area contributed by atoms with Gasteiger partial charge in [-0.2, -0.15) is 0 Å². The molecule has 1 aromatic heterocycles. The molecule has 0 aliphatic carbocycles. The van der Waals surface area contributed by atoms with Crippen molar-refractivity contribution in [3.05, 3.63) is 53.6 Å². The van der Waals surface area contributed by atoms with Crippen LogP contribution in [0.1, 0.15) is 13.3 Å². The van der Waals surface area contributed by atoms with Crippen molar-refractivity contribution in [3.63, 3.8) is 0 Å². The Morgan fingerprint density at radius 1 is 1.23 bits per heavy atom. The number of ether oxygens (including phenoxy) is 1. The minimum absolute atomic E-state index is 0.229. The number of carbonyl (C=O) groups is 1. The Morgan fingerprint density at radius 2 is 1.94 bits per heavy atom. The average Bonchev–Trinajstić information content (AvgIpc) is 3.20. The maximum absolute atomic E-state index is 13.0. The number of hydrogen-bond acceptors (Lipinski definition) is 7. The first-order chi connectivity index (χ1) is 14.7. The van der Waals surface area contributed by atoms with Gasteiger partial charge in [0.1, 0.15) is 16.8 Å². The van der Waals surface area contributed by atoms with E-state index in [4.69, 9.17) is 16.3 Å². The van der Waals surface area contributed by atoms with E-state index in [9.17, 15) is 13.2 Å². The molecule has 0 unspecified atom stereocenters. The van der Waals surface area contributed by atoms with Gasteiger partial charge >= 0.3 is 0 Å². The van der Waals surface area contributed by atoms with Crippen LogP contribution in [0.25, 0.3) is 10.6 Å². The Labute approximate surface area is 189 Å². The van der Waals surface area contributed by atoms with Crippen molar-refractivity contribution in [2.75, 3.05) is 23.0 Å². The van der Waals surface area contributed by atoms with Gasteiger partial charge in [-0.05, 0) is 24.6 Å². The van der Waals surface area contributed by atoms with Crippen molar-refractivity contribution < 1.29 is 17.9 Å². The van der Waals surface area contributed by atoms with E-state index in [0.717, 1.165) is 16.1 Å². The van der Waals surface area contributed by atoms with Gasteiger partial charge in [-0.1, -0.05) is 60.2 Å². The van der Waals surface area contributed by atoms with Crippen molar-refractivity contribution in [1.29, 1.82) is 0 Å². The SMILES string of the molecule is CC[C@@H](C(=O)Nc1nnc(-c2ccccc2)s1)N(c1ccc(OC)c(Cl)c1)S(C)(=O)=O. The van der Waals surface area contributed by atoms with Crippen molar-refractivity contribution in [1.82, 2.24) is 10.2 Å². The third-order valence-corrected chi connectivity index (χ3v) is 6.76. The Kier molecular flexibility index (Phi) is 7.14. The van der Waals surface area contributed by atoms with Crippen LogP contribution in [-0.2, 0) is 14.8 Å². The first kappa shape index (κ1) is 23.0. The number of amides is 1. The van der Waals surface area contributed by atoms with Crippen LogP contribution in [0.3, 0.4) is 0 Å². The summed E-state index contributed by atoms with van der Waals surface area (Å²) >= 11 is 7.38. The average molecular weight is 481 g/mol. The molecule has 1 amide bonds. The smallest absolute Gasteiger partial charge is 0.250 e. The molecule has 164 valence electrons. The molecule has 11 heteroatoms. The highest BCUT2D eigenvalue weighted by atomic mass is 35.5.